The van der Waals surface area contributed by atoms with E-state index in [4.69, 9.17) is 4.74 Å². The van der Waals surface area contributed by atoms with Crippen molar-refractivity contribution in [2.45, 2.75) is 32.9 Å². The highest BCUT2D eigenvalue weighted by Crippen LogP contribution is 2.11. The number of para-hydroxylation sites is 1. The van der Waals surface area contributed by atoms with Gasteiger partial charge in [0, 0.05) is 39.3 Å². The van der Waals surface area contributed by atoms with Crippen LogP contribution in [-0.4, -0.2) is 76.2 Å². The predicted octanol–water partition coefficient (Wildman–Crippen LogP) is 1.07. The average Bonchev–Trinajstić information content (AvgIpc) is 2.69. The minimum Gasteiger partial charge on any atom is -0.444 e. The lowest BCUT2D eigenvalue weighted by molar-refractivity contribution is -0.121. The maximum absolute atomic E-state index is 12.4. The molecule has 3 rings (SSSR count). The first kappa shape index (κ1) is 21.8. The quantitative estimate of drug-likeness (QED) is 0.785. The number of benzene rings is 1. The molecule has 1 aliphatic rings. The first-order chi connectivity index (χ1) is 14.2. The van der Waals surface area contributed by atoms with Crippen LogP contribution in [0.25, 0.3) is 10.9 Å². The molecule has 1 N–H and O–H groups in total. The minimum atomic E-state index is -0.499. The van der Waals surface area contributed by atoms with Crippen LogP contribution in [0.5, 0.6) is 0 Å². The Morgan fingerprint density at radius 3 is 2.53 bits per heavy atom. The molecule has 1 saturated heterocycles. The zero-order chi connectivity index (χ0) is 21.7. The van der Waals surface area contributed by atoms with E-state index in [-0.39, 0.29) is 24.1 Å². The Morgan fingerprint density at radius 1 is 1.13 bits per heavy atom. The van der Waals surface area contributed by atoms with Crippen molar-refractivity contribution in [2.75, 3.05) is 39.3 Å². The van der Waals surface area contributed by atoms with E-state index in [0.29, 0.717) is 37.1 Å². The molecule has 0 spiro atoms. The van der Waals surface area contributed by atoms with Crippen molar-refractivity contribution in [3.8, 4) is 0 Å². The molecule has 162 valence electrons. The fourth-order valence-corrected chi connectivity index (χ4v) is 3.26. The van der Waals surface area contributed by atoms with Crippen LogP contribution in [0, 0.1) is 0 Å². The van der Waals surface area contributed by atoms with Crippen molar-refractivity contribution < 1.29 is 14.3 Å². The molecule has 0 saturated carbocycles. The zero-order valence-corrected chi connectivity index (χ0v) is 17.8. The first-order valence-corrected chi connectivity index (χ1v) is 10.1. The van der Waals surface area contributed by atoms with E-state index in [1.807, 2.05) is 26.8 Å². The number of piperazine rings is 1. The molecule has 2 amide bonds. The third kappa shape index (κ3) is 5.79. The van der Waals surface area contributed by atoms with Crippen LogP contribution in [0.1, 0.15) is 20.8 Å². The van der Waals surface area contributed by atoms with Crippen molar-refractivity contribution in [3.63, 3.8) is 0 Å². The highest BCUT2D eigenvalue weighted by Gasteiger charge is 2.25. The molecule has 0 aliphatic carbocycles. The number of fused-ring (bicyclic) bond motifs is 1. The van der Waals surface area contributed by atoms with Crippen molar-refractivity contribution in [1.82, 2.24) is 24.7 Å². The van der Waals surface area contributed by atoms with E-state index in [2.05, 4.69) is 15.2 Å². The van der Waals surface area contributed by atoms with Gasteiger partial charge in [-0.3, -0.25) is 19.1 Å². The number of hydrogen-bond donors (Lipinski definition) is 1. The lowest BCUT2D eigenvalue weighted by atomic mass is 10.2. The Kier molecular flexibility index (Phi) is 6.71. The van der Waals surface area contributed by atoms with Crippen LogP contribution in [-0.2, 0) is 16.1 Å². The van der Waals surface area contributed by atoms with Crippen LogP contribution in [0.4, 0.5) is 4.79 Å². The maximum atomic E-state index is 12.4. The van der Waals surface area contributed by atoms with E-state index in [1.165, 1.54) is 10.9 Å². The Labute approximate surface area is 175 Å². The summed E-state index contributed by atoms with van der Waals surface area (Å²) in [5, 5.41) is 3.34. The summed E-state index contributed by atoms with van der Waals surface area (Å²) < 4.78 is 6.71. The number of amides is 2. The fourth-order valence-electron chi connectivity index (χ4n) is 3.26. The van der Waals surface area contributed by atoms with Crippen molar-refractivity contribution in [3.05, 3.63) is 40.9 Å². The normalized spacial score (nSPS) is 15.2. The van der Waals surface area contributed by atoms with E-state index >= 15 is 0 Å². The molecule has 2 heterocycles. The molecule has 2 aromatic rings. The minimum absolute atomic E-state index is 0.0664. The molecule has 0 radical (unpaired) electrons. The number of rotatable bonds is 5. The molecule has 0 atom stereocenters. The van der Waals surface area contributed by atoms with Gasteiger partial charge >= 0.3 is 6.09 Å². The summed E-state index contributed by atoms with van der Waals surface area (Å²) in [6, 6.07) is 7.07. The van der Waals surface area contributed by atoms with Crippen LogP contribution in [0.2, 0.25) is 0 Å². The summed E-state index contributed by atoms with van der Waals surface area (Å²) in [5.74, 6) is -0.235. The monoisotopic (exact) mass is 415 g/mol. The summed E-state index contributed by atoms with van der Waals surface area (Å²) in [5.41, 5.74) is -0.111. The number of nitrogens with one attached hydrogen (secondary N) is 1. The third-order valence-corrected chi connectivity index (χ3v) is 4.82. The largest absolute Gasteiger partial charge is 0.444 e. The van der Waals surface area contributed by atoms with Crippen LogP contribution >= 0.6 is 0 Å². The number of aromatic nitrogens is 2. The number of carbonyl (C=O) groups is 2. The lowest BCUT2D eigenvalue weighted by Gasteiger charge is -2.35. The number of ether oxygens (including phenoxy) is 1. The Balaban J connectivity index is 1.41. The average molecular weight is 415 g/mol. The second-order valence-corrected chi connectivity index (χ2v) is 8.35. The molecular formula is C21H29N5O4. The van der Waals surface area contributed by atoms with Gasteiger partial charge < -0.3 is 15.0 Å². The molecule has 0 unspecified atom stereocenters. The van der Waals surface area contributed by atoms with Gasteiger partial charge in [0.25, 0.3) is 5.56 Å². The van der Waals surface area contributed by atoms with Gasteiger partial charge in [0.15, 0.2) is 0 Å². The molecule has 1 fully saturated rings. The molecule has 9 heteroatoms. The van der Waals surface area contributed by atoms with Crippen molar-refractivity contribution in [2.24, 2.45) is 0 Å². The van der Waals surface area contributed by atoms with Crippen molar-refractivity contribution >= 4 is 22.9 Å². The van der Waals surface area contributed by atoms with Gasteiger partial charge in [-0.2, -0.15) is 0 Å². The van der Waals surface area contributed by atoms with Gasteiger partial charge in [-0.15, -0.1) is 0 Å². The van der Waals surface area contributed by atoms with Crippen molar-refractivity contribution in [1.29, 1.82) is 0 Å². The van der Waals surface area contributed by atoms with Gasteiger partial charge in [-0.1, -0.05) is 12.1 Å². The summed E-state index contributed by atoms with van der Waals surface area (Å²) in [6.07, 6.45) is 1.12. The molecule has 0 bridgehead atoms. The van der Waals surface area contributed by atoms with E-state index in [1.54, 1.807) is 23.1 Å². The Bertz CT molecular complexity index is 958. The Hall–Kier alpha value is -2.94. The topological polar surface area (TPSA) is 96.8 Å². The SMILES string of the molecule is CC(C)(C)OC(=O)N1CCN(CCNC(=O)Cn2cnc3ccccc3c2=O)CC1. The smallest absolute Gasteiger partial charge is 0.410 e. The second-order valence-electron chi connectivity index (χ2n) is 8.35. The highest BCUT2D eigenvalue weighted by atomic mass is 16.6. The summed E-state index contributed by atoms with van der Waals surface area (Å²) in [7, 11) is 0. The van der Waals surface area contributed by atoms with E-state index < -0.39 is 5.60 Å². The summed E-state index contributed by atoms with van der Waals surface area (Å²) in [4.78, 5) is 44.9. The van der Waals surface area contributed by atoms with Gasteiger partial charge in [-0.25, -0.2) is 9.78 Å². The standard InChI is InChI=1S/C21H29N5O4/c1-21(2,3)30-20(29)25-12-10-24(11-13-25)9-8-22-18(27)14-26-15-23-17-7-5-4-6-16(17)19(26)28/h4-7,15H,8-14H2,1-3H3,(H,22,27). The van der Waals surface area contributed by atoms with E-state index in [9.17, 15) is 14.4 Å². The lowest BCUT2D eigenvalue weighted by Crippen LogP contribution is -2.51. The van der Waals surface area contributed by atoms with Gasteiger partial charge in [-0.05, 0) is 32.9 Å². The molecule has 1 aliphatic heterocycles. The fraction of sp³-hybridized carbons (Fsp3) is 0.524. The predicted molar refractivity (Wildman–Crippen MR) is 113 cm³/mol. The van der Waals surface area contributed by atoms with Gasteiger partial charge in [0.1, 0.15) is 12.1 Å². The number of carbonyl (C=O) groups excluding carboxylic acids is 2. The van der Waals surface area contributed by atoms with Crippen LogP contribution in [0.3, 0.4) is 0 Å². The van der Waals surface area contributed by atoms with Gasteiger partial charge in [0.05, 0.1) is 17.2 Å². The summed E-state index contributed by atoms with van der Waals surface area (Å²) >= 11 is 0. The number of hydrogen-bond acceptors (Lipinski definition) is 6. The van der Waals surface area contributed by atoms with Crippen LogP contribution in [0.15, 0.2) is 35.4 Å². The molecule has 1 aromatic heterocycles. The van der Waals surface area contributed by atoms with E-state index in [0.717, 1.165) is 13.1 Å². The number of nitrogens with zero attached hydrogens (tertiary/aromatic N) is 4. The maximum Gasteiger partial charge on any atom is 0.410 e. The second kappa shape index (κ2) is 9.25. The van der Waals surface area contributed by atoms with Crippen LogP contribution < -0.4 is 10.9 Å². The molecular weight excluding hydrogens is 386 g/mol. The highest BCUT2D eigenvalue weighted by molar-refractivity contribution is 5.78. The van der Waals surface area contributed by atoms with Gasteiger partial charge in [0.2, 0.25) is 5.91 Å². The molecule has 1 aromatic carbocycles. The Morgan fingerprint density at radius 2 is 1.83 bits per heavy atom. The zero-order valence-electron chi connectivity index (χ0n) is 17.8. The molecule has 9 nitrogen and oxygen atoms in total. The molecule has 30 heavy (non-hydrogen) atoms. The first-order valence-electron chi connectivity index (χ1n) is 10.1. The summed E-state index contributed by atoms with van der Waals surface area (Å²) in [6.45, 7) is 9.29. The third-order valence-electron chi connectivity index (χ3n) is 4.82.